The average Bonchev–Trinajstić information content (AvgIpc) is 2.53. The topological polar surface area (TPSA) is 43.8 Å². The summed E-state index contributed by atoms with van der Waals surface area (Å²) in [6.45, 7) is 11.0. The first-order valence-corrected chi connectivity index (χ1v) is 9.02. The first kappa shape index (κ1) is 18.9. The molecular weight excluding hydrogens is 300 g/mol. The minimum Gasteiger partial charge on any atom is -0.393 e. The number of carbonyl (C=O) groups is 1. The normalized spacial score (nSPS) is 18.4. The van der Waals surface area contributed by atoms with Crippen molar-refractivity contribution in [2.45, 2.75) is 58.7 Å². The van der Waals surface area contributed by atoms with Gasteiger partial charge in [-0.1, -0.05) is 30.3 Å². The van der Waals surface area contributed by atoms with Crippen molar-refractivity contribution in [2.24, 2.45) is 5.92 Å². The third-order valence-electron chi connectivity index (χ3n) is 4.97. The molecule has 1 N–H and O–H groups in total. The molecule has 1 heterocycles. The first-order valence-electron chi connectivity index (χ1n) is 9.02. The zero-order chi connectivity index (χ0) is 17.7. The van der Waals surface area contributed by atoms with Crippen LogP contribution in [-0.2, 0) is 11.3 Å². The summed E-state index contributed by atoms with van der Waals surface area (Å²) in [6, 6.07) is 10.2. The van der Waals surface area contributed by atoms with E-state index in [-0.39, 0.29) is 17.6 Å². The molecule has 4 nitrogen and oxygen atoms in total. The molecule has 0 radical (unpaired) electrons. The van der Waals surface area contributed by atoms with E-state index < -0.39 is 0 Å². The number of benzene rings is 1. The maximum atomic E-state index is 12.9. The Balaban J connectivity index is 1.96. The van der Waals surface area contributed by atoms with Crippen LogP contribution in [0.2, 0.25) is 0 Å². The highest BCUT2D eigenvalue weighted by Crippen LogP contribution is 2.22. The van der Waals surface area contributed by atoms with Crippen molar-refractivity contribution < 1.29 is 9.90 Å². The number of piperidine rings is 1. The van der Waals surface area contributed by atoms with Crippen molar-refractivity contribution in [3.8, 4) is 0 Å². The maximum absolute atomic E-state index is 12.9. The highest BCUT2D eigenvalue weighted by Gasteiger charge is 2.29. The molecule has 2 rings (SSSR count). The van der Waals surface area contributed by atoms with Gasteiger partial charge in [-0.2, -0.15) is 0 Å². The number of rotatable bonds is 5. The van der Waals surface area contributed by atoms with Gasteiger partial charge in [0, 0.05) is 12.1 Å². The second-order valence-corrected chi connectivity index (χ2v) is 7.99. The van der Waals surface area contributed by atoms with Gasteiger partial charge in [0.2, 0.25) is 5.91 Å². The highest BCUT2D eigenvalue weighted by atomic mass is 16.3. The third-order valence-corrected chi connectivity index (χ3v) is 4.97. The molecule has 1 atom stereocenters. The molecule has 1 aromatic carbocycles. The molecule has 1 aliphatic heterocycles. The molecule has 1 amide bonds. The molecule has 1 saturated heterocycles. The number of amides is 1. The molecule has 0 bridgehead atoms. The van der Waals surface area contributed by atoms with Gasteiger partial charge >= 0.3 is 0 Å². The summed E-state index contributed by atoms with van der Waals surface area (Å²) in [6.07, 6.45) is 1.70. The summed E-state index contributed by atoms with van der Waals surface area (Å²) in [7, 11) is 0. The smallest absolute Gasteiger partial charge is 0.237 e. The second-order valence-electron chi connectivity index (χ2n) is 7.99. The van der Waals surface area contributed by atoms with E-state index in [1.54, 1.807) is 0 Å². The molecule has 0 aliphatic carbocycles. The van der Waals surface area contributed by atoms with E-state index >= 15 is 0 Å². The van der Waals surface area contributed by atoms with Crippen LogP contribution in [0.4, 0.5) is 0 Å². The van der Waals surface area contributed by atoms with Crippen molar-refractivity contribution in [3.05, 3.63) is 35.9 Å². The molecule has 1 aromatic rings. The molecule has 24 heavy (non-hydrogen) atoms. The Morgan fingerprint density at radius 2 is 1.83 bits per heavy atom. The van der Waals surface area contributed by atoms with E-state index in [4.69, 9.17) is 0 Å². The molecule has 0 saturated carbocycles. The Morgan fingerprint density at radius 3 is 2.33 bits per heavy atom. The Kier molecular flexibility index (Phi) is 6.41. The van der Waals surface area contributed by atoms with Crippen LogP contribution >= 0.6 is 0 Å². The lowest BCUT2D eigenvalue weighted by Gasteiger charge is -2.39. The first-order chi connectivity index (χ1) is 11.3. The van der Waals surface area contributed by atoms with E-state index in [0.29, 0.717) is 19.0 Å². The van der Waals surface area contributed by atoms with E-state index in [0.717, 1.165) is 31.5 Å². The molecule has 1 unspecified atom stereocenters. The molecule has 134 valence electrons. The van der Waals surface area contributed by atoms with Gasteiger partial charge in [0.25, 0.3) is 0 Å². The average molecular weight is 332 g/mol. The van der Waals surface area contributed by atoms with Gasteiger partial charge in [-0.15, -0.1) is 0 Å². The zero-order valence-corrected chi connectivity index (χ0v) is 15.5. The van der Waals surface area contributed by atoms with Crippen LogP contribution in [0.15, 0.2) is 30.3 Å². The van der Waals surface area contributed by atoms with Crippen molar-refractivity contribution in [2.75, 3.05) is 19.6 Å². The van der Waals surface area contributed by atoms with E-state index in [9.17, 15) is 9.90 Å². The van der Waals surface area contributed by atoms with E-state index in [2.05, 4.69) is 37.8 Å². The van der Waals surface area contributed by atoms with Crippen LogP contribution in [0.1, 0.15) is 46.1 Å². The molecule has 1 fully saturated rings. The van der Waals surface area contributed by atoms with Crippen LogP contribution in [0, 0.1) is 5.92 Å². The second kappa shape index (κ2) is 8.13. The summed E-state index contributed by atoms with van der Waals surface area (Å²) >= 11 is 0. The van der Waals surface area contributed by atoms with Crippen LogP contribution in [0.25, 0.3) is 0 Å². The van der Waals surface area contributed by atoms with Gasteiger partial charge in [0.15, 0.2) is 0 Å². The number of aliphatic hydroxyl groups excluding tert-OH is 1. The number of carbonyl (C=O) groups excluding carboxylic acids is 1. The molecule has 0 spiro atoms. The summed E-state index contributed by atoms with van der Waals surface area (Å²) in [5.41, 5.74) is 0.957. The predicted octanol–water partition coefficient (Wildman–Crippen LogP) is 2.91. The van der Waals surface area contributed by atoms with Crippen molar-refractivity contribution >= 4 is 5.91 Å². The van der Waals surface area contributed by atoms with E-state index in [1.807, 2.05) is 30.0 Å². The number of nitrogens with zero attached hydrogens (tertiary/aromatic N) is 2. The Bertz CT molecular complexity index is 514. The lowest BCUT2D eigenvalue weighted by molar-refractivity contribution is -0.138. The highest BCUT2D eigenvalue weighted by molar-refractivity contribution is 5.79. The van der Waals surface area contributed by atoms with Crippen molar-refractivity contribution in [1.29, 1.82) is 0 Å². The maximum Gasteiger partial charge on any atom is 0.237 e. The van der Waals surface area contributed by atoms with Gasteiger partial charge in [-0.05, 0) is 65.1 Å². The number of hydrogen-bond donors (Lipinski definition) is 1. The van der Waals surface area contributed by atoms with Gasteiger partial charge in [-0.3, -0.25) is 9.69 Å². The van der Waals surface area contributed by atoms with Crippen molar-refractivity contribution in [1.82, 2.24) is 9.80 Å². The minimum atomic E-state index is -0.244. The Morgan fingerprint density at radius 1 is 1.25 bits per heavy atom. The van der Waals surface area contributed by atoms with Gasteiger partial charge in [-0.25, -0.2) is 0 Å². The summed E-state index contributed by atoms with van der Waals surface area (Å²) in [5.74, 6) is 0.557. The van der Waals surface area contributed by atoms with Gasteiger partial charge in [0.05, 0.1) is 12.6 Å². The number of aliphatic hydroxyl groups is 1. The van der Waals surface area contributed by atoms with E-state index in [1.165, 1.54) is 0 Å². The van der Waals surface area contributed by atoms with Crippen LogP contribution in [0.3, 0.4) is 0 Å². The SMILES string of the molecule is CC(O)C1CCN(CC(=O)N(Cc2ccccc2)C(C)(C)C)CC1. The van der Waals surface area contributed by atoms with Crippen LogP contribution in [-0.4, -0.2) is 52.1 Å². The Hall–Kier alpha value is -1.39. The molecule has 0 aromatic heterocycles. The monoisotopic (exact) mass is 332 g/mol. The lowest BCUT2D eigenvalue weighted by atomic mass is 9.92. The summed E-state index contributed by atoms with van der Waals surface area (Å²) in [4.78, 5) is 17.1. The molecule has 1 aliphatic rings. The zero-order valence-electron chi connectivity index (χ0n) is 15.5. The quantitative estimate of drug-likeness (QED) is 0.902. The summed E-state index contributed by atoms with van der Waals surface area (Å²) in [5, 5.41) is 9.71. The Labute approximate surface area is 146 Å². The van der Waals surface area contributed by atoms with Crippen LogP contribution in [0.5, 0.6) is 0 Å². The predicted molar refractivity (Wildman–Crippen MR) is 97.6 cm³/mol. The molecular formula is C20H32N2O2. The number of hydrogen-bond acceptors (Lipinski definition) is 3. The standard InChI is InChI=1S/C20H32N2O2/c1-16(23)18-10-12-21(13-11-18)15-19(24)22(20(2,3)4)14-17-8-6-5-7-9-17/h5-9,16,18,23H,10-15H2,1-4H3. The van der Waals surface area contributed by atoms with Gasteiger partial charge < -0.3 is 10.0 Å². The fraction of sp³-hybridized carbons (Fsp3) is 0.650. The van der Waals surface area contributed by atoms with Gasteiger partial charge in [0.1, 0.15) is 0 Å². The summed E-state index contributed by atoms with van der Waals surface area (Å²) < 4.78 is 0. The molecule has 4 heteroatoms. The minimum absolute atomic E-state index is 0.182. The lowest BCUT2D eigenvalue weighted by Crippen LogP contribution is -2.50. The van der Waals surface area contributed by atoms with Crippen LogP contribution < -0.4 is 0 Å². The fourth-order valence-corrected chi connectivity index (χ4v) is 3.34. The fourth-order valence-electron chi connectivity index (χ4n) is 3.34. The van der Waals surface area contributed by atoms with Crippen molar-refractivity contribution in [3.63, 3.8) is 0 Å². The third kappa shape index (κ3) is 5.32. The largest absolute Gasteiger partial charge is 0.393 e. The number of likely N-dealkylation sites (tertiary alicyclic amines) is 1.